The molecular formula is C14H17NO5S. The highest BCUT2D eigenvalue weighted by atomic mass is 32.2. The second kappa shape index (κ2) is 9.02. The van der Waals surface area contributed by atoms with E-state index in [0.29, 0.717) is 17.9 Å². The summed E-state index contributed by atoms with van der Waals surface area (Å²) >= 11 is 1.02. The quantitative estimate of drug-likeness (QED) is 0.713. The molecule has 1 aromatic carbocycles. The van der Waals surface area contributed by atoms with Crippen LogP contribution < -0.4 is 5.32 Å². The highest BCUT2D eigenvalue weighted by Crippen LogP contribution is 2.11. The molecule has 0 saturated heterocycles. The van der Waals surface area contributed by atoms with Gasteiger partial charge in [-0.1, -0.05) is 6.92 Å². The second-order valence-corrected chi connectivity index (χ2v) is 5.13. The van der Waals surface area contributed by atoms with Gasteiger partial charge in [-0.15, -0.1) is 11.8 Å². The molecule has 1 amide bonds. The highest BCUT2D eigenvalue weighted by molar-refractivity contribution is 8.00. The van der Waals surface area contributed by atoms with Crippen molar-refractivity contribution in [2.24, 2.45) is 0 Å². The van der Waals surface area contributed by atoms with Crippen molar-refractivity contribution < 1.29 is 24.2 Å². The second-order valence-electron chi connectivity index (χ2n) is 4.15. The molecule has 0 spiro atoms. The molecule has 0 aliphatic carbocycles. The molecule has 0 atom stereocenters. The van der Waals surface area contributed by atoms with Gasteiger partial charge < -0.3 is 15.2 Å². The minimum Gasteiger partial charge on any atom is -0.481 e. The maximum Gasteiger partial charge on any atom is 0.338 e. The Morgan fingerprint density at radius 2 is 1.86 bits per heavy atom. The Labute approximate surface area is 126 Å². The largest absolute Gasteiger partial charge is 0.481 e. The molecular weight excluding hydrogens is 294 g/mol. The molecule has 0 heterocycles. The molecule has 7 heteroatoms. The summed E-state index contributed by atoms with van der Waals surface area (Å²) in [6.07, 6.45) is 0.758. The smallest absolute Gasteiger partial charge is 0.338 e. The maximum absolute atomic E-state index is 11.6. The van der Waals surface area contributed by atoms with Crippen molar-refractivity contribution >= 4 is 35.3 Å². The Morgan fingerprint density at radius 1 is 1.19 bits per heavy atom. The summed E-state index contributed by atoms with van der Waals surface area (Å²) in [6, 6.07) is 6.33. The number of hydrogen-bond donors (Lipinski definition) is 2. The monoisotopic (exact) mass is 311 g/mol. The standard InChI is InChI=1S/C14H17NO5S/c1-2-7-20-14(19)10-3-5-11(6-4-10)15-12(16)8-21-9-13(17)18/h3-6H,2,7-9H2,1H3,(H,15,16)(H,17,18). The van der Waals surface area contributed by atoms with E-state index in [-0.39, 0.29) is 17.4 Å². The summed E-state index contributed by atoms with van der Waals surface area (Å²) in [4.78, 5) is 33.4. The summed E-state index contributed by atoms with van der Waals surface area (Å²) in [5.74, 6) is -1.69. The predicted molar refractivity (Wildman–Crippen MR) is 80.6 cm³/mol. The first-order valence-corrected chi connectivity index (χ1v) is 7.55. The minimum atomic E-state index is -0.956. The van der Waals surface area contributed by atoms with E-state index in [9.17, 15) is 14.4 Å². The van der Waals surface area contributed by atoms with Crippen molar-refractivity contribution in [3.8, 4) is 0 Å². The number of aliphatic carboxylic acids is 1. The van der Waals surface area contributed by atoms with E-state index in [0.717, 1.165) is 18.2 Å². The van der Waals surface area contributed by atoms with Crippen LogP contribution in [0, 0.1) is 0 Å². The van der Waals surface area contributed by atoms with Gasteiger partial charge in [0, 0.05) is 5.69 Å². The number of esters is 1. The van der Waals surface area contributed by atoms with Gasteiger partial charge >= 0.3 is 11.9 Å². The van der Waals surface area contributed by atoms with Crippen LogP contribution in [0.1, 0.15) is 23.7 Å². The molecule has 6 nitrogen and oxygen atoms in total. The molecule has 21 heavy (non-hydrogen) atoms. The van der Waals surface area contributed by atoms with Crippen LogP contribution in [0.5, 0.6) is 0 Å². The average Bonchev–Trinajstić information content (AvgIpc) is 2.45. The third-order valence-electron chi connectivity index (χ3n) is 2.30. The number of ether oxygens (including phenoxy) is 1. The number of nitrogens with one attached hydrogen (secondary N) is 1. The van der Waals surface area contributed by atoms with Crippen molar-refractivity contribution in [2.45, 2.75) is 13.3 Å². The fourth-order valence-electron chi connectivity index (χ4n) is 1.40. The molecule has 0 unspecified atom stereocenters. The van der Waals surface area contributed by atoms with Gasteiger partial charge in [-0.2, -0.15) is 0 Å². The zero-order valence-corrected chi connectivity index (χ0v) is 12.4. The molecule has 0 aliphatic heterocycles. The number of hydrogen-bond acceptors (Lipinski definition) is 5. The first-order chi connectivity index (χ1) is 10.0. The predicted octanol–water partition coefficient (Wildman–Crippen LogP) is 2.01. The van der Waals surface area contributed by atoms with Crippen LogP contribution in [-0.2, 0) is 14.3 Å². The molecule has 1 aromatic rings. The van der Waals surface area contributed by atoms with Crippen molar-refractivity contribution in [2.75, 3.05) is 23.4 Å². The number of carboxylic acids is 1. The van der Waals surface area contributed by atoms with Crippen LogP contribution in [0.2, 0.25) is 0 Å². The number of carboxylic acid groups (broad SMARTS) is 1. The molecule has 0 aliphatic rings. The molecule has 0 saturated carbocycles. The lowest BCUT2D eigenvalue weighted by molar-refractivity contribution is -0.133. The number of thioether (sulfide) groups is 1. The summed E-state index contributed by atoms with van der Waals surface area (Å²) < 4.78 is 4.99. The van der Waals surface area contributed by atoms with Gasteiger partial charge in [0.15, 0.2) is 0 Å². The Balaban J connectivity index is 2.45. The van der Waals surface area contributed by atoms with Crippen LogP contribution in [-0.4, -0.2) is 41.1 Å². The molecule has 2 N–H and O–H groups in total. The molecule has 1 rings (SSSR count). The number of carbonyl (C=O) groups is 3. The highest BCUT2D eigenvalue weighted by Gasteiger charge is 2.08. The van der Waals surface area contributed by atoms with Gasteiger partial charge in [0.1, 0.15) is 0 Å². The van der Waals surface area contributed by atoms with Crippen LogP contribution in [0.3, 0.4) is 0 Å². The van der Waals surface area contributed by atoms with Gasteiger partial charge in [-0.05, 0) is 30.7 Å². The van der Waals surface area contributed by atoms with Gasteiger partial charge in [0.2, 0.25) is 5.91 Å². The lowest BCUT2D eigenvalue weighted by Crippen LogP contribution is -2.15. The summed E-state index contributed by atoms with van der Waals surface area (Å²) in [5.41, 5.74) is 0.963. The van der Waals surface area contributed by atoms with Gasteiger partial charge in [0.25, 0.3) is 0 Å². The zero-order chi connectivity index (χ0) is 15.7. The Morgan fingerprint density at radius 3 is 2.43 bits per heavy atom. The first-order valence-electron chi connectivity index (χ1n) is 6.39. The van der Waals surface area contributed by atoms with Crippen molar-refractivity contribution in [3.63, 3.8) is 0 Å². The van der Waals surface area contributed by atoms with E-state index in [1.54, 1.807) is 24.3 Å². The summed E-state index contributed by atoms with van der Waals surface area (Å²) in [5, 5.41) is 11.1. The van der Waals surface area contributed by atoms with Crippen LogP contribution in [0.25, 0.3) is 0 Å². The number of amides is 1. The van der Waals surface area contributed by atoms with Crippen LogP contribution in [0.4, 0.5) is 5.69 Å². The number of carbonyl (C=O) groups excluding carboxylic acids is 2. The minimum absolute atomic E-state index is 0.0621. The SMILES string of the molecule is CCCOC(=O)c1ccc(NC(=O)CSCC(=O)O)cc1. The van der Waals surface area contributed by atoms with Crippen molar-refractivity contribution in [1.29, 1.82) is 0 Å². The molecule has 0 bridgehead atoms. The Kier molecular flexibility index (Phi) is 7.31. The topological polar surface area (TPSA) is 92.7 Å². The summed E-state index contributed by atoms with van der Waals surface area (Å²) in [7, 11) is 0. The van der Waals surface area contributed by atoms with E-state index in [2.05, 4.69) is 5.32 Å². The van der Waals surface area contributed by atoms with E-state index < -0.39 is 11.9 Å². The number of anilines is 1. The third-order valence-corrected chi connectivity index (χ3v) is 3.22. The van der Waals surface area contributed by atoms with Crippen molar-refractivity contribution in [1.82, 2.24) is 0 Å². The summed E-state index contributed by atoms with van der Waals surface area (Å²) in [6.45, 7) is 2.28. The Hall–Kier alpha value is -2.02. The zero-order valence-electron chi connectivity index (χ0n) is 11.6. The van der Waals surface area contributed by atoms with E-state index in [1.807, 2.05) is 6.92 Å². The molecule has 0 fully saturated rings. The van der Waals surface area contributed by atoms with Gasteiger partial charge in [-0.3, -0.25) is 9.59 Å². The third kappa shape index (κ3) is 6.80. The maximum atomic E-state index is 11.6. The van der Waals surface area contributed by atoms with Crippen LogP contribution in [0.15, 0.2) is 24.3 Å². The molecule has 0 aromatic heterocycles. The first kappa shape index (κ1) is 17.0. The van der Waals surface area contributed by atoms with E-state index in [4.69, 9.17) is 9.84 Å². The lowest BCUT2D eigenvalue weighted by atomic mass is 10.2. The van der Waals surface area contributed by atoms with E-state index >= 15 is 0 Å². The van der Waals surface area contributed by atoms with Crippen molar-refractivity contribution in [3.05, 3.63) is 29.8 Å². The van der Waals surface area contributed by atoms with Crippen LogP contribution >= 0.6 is 11.8 Å². The molecule has 114 valence electrons. The normalized spacial score (nSPS) is 9.95. The average molecular weight is 311 g/mol. The number of benzene rings is 1. The molecule has 0 radical (unpaired) electrons. The Bertz CT molecular complexity index is 501. The fraction of sp³-hybridized carbons (Fsp3) is 0.357. The fourth-order valence-corrected chi connectivity index (χ4v) is 1.93. The van der Waals surface area contributed by atoms with Gasteiger partial charge in [-0.25, -0.2) is 4.79 Å². The lowest BCUT2D eigenvalue weighted by Gasteiger charge is -2.06. The van der Waals surface area contributed by atoms with E-state index in [1.165, 1.54) is 0 Å². The number of rotatable bonds is 8. The van der Waals surface area contributed by atoms with Gasteiger partial charge in [0.05, 0.1) is 23.7 Å².